The van der Waals surface area contributed by atoms with Crippen molar-refractivity contribution in [3.8, 4) is 6.07 Å². The van der Waals surface area contributed by atoms with Crippen LogP contribution >= 0.6 is 0 Å². The summed E-state index contributed by atoms with van der Waals surface area (Å²) in [6, 6.07) is 7.21. The van der Waals surface area contributed by atoms with Gasteiger partial charge >= 0.3 is 0 Å². The fourth-order valence-corrected chi connectivity index (χ4v) is 1.48. The smallest absolute Gasteiger partial charge is 0.239 e. The second-order valence-corrected chi connectivity index (χ2v) is 3.57. The van der Waals surface area contributed by atoms with Crippen LogP contribution in [0.3, 0.4) is 0 Å². The molecular formula is C12H16N4O. The predicted molar refractivity (Wildman–Crippen MR) is 67.5 cm³/mol. The number of carbonyl (C=O) groups is 1. The molecule has 5 nitrogen and oxygen atoms in total. The van der Waals surface area contributed by atoms with Gasteiger partial charge in [-0.2, -0.15) is 5.26 Å². The van der Waals surface area contributed by atoms with Crippen molar-refractivity contribution in [2.45, 2.75) is 6.92 Å². The Balaban J connectivity index is 2.97. The number of nitrogens with zero attached hydrogens (tertiary/aromatic N) is 2. The van der Waals surface area contributed by atoms with Crippen molar-refractivity contribution >= 4 is 17.3 Å². The first kappa shape index (κ1) is 12.8. The number of anilines is 2. The van der Waals surface area contributed by atoms with Gasteiger partial charge in [0.1, 0.15) is 6.07 Å². The molecule has 90 valence electrons. The summed E-state index contributed by atoms with van der Waals surface area (Å²) in [6.45, 7) is 2.90. The summed E-state index contributed by atoms with van der Waals surface area (Å²) in [6.07, 6.45) is 0. The van der Waals surface area contributed by atoms with Crippen molar-refractivity contribution < 1.29 is 4.79 Å². The lowest BCUT2D eigenvalue weighted by Gasteiger charge is -2.22. The van der Waals surface area contributed by atoms with Crippen LogP contribution in [-0.2, 0) is 4.79 Å². The molecule has 0 bridgehead atoms. The van der Waals surface area contributed by atoms with Crippen LogP contribution in [-0.4, -0.2) is 26.0 Å². The van der Waals surface area contributed by atoms with Crippen LogP contribution in [0.2, 0.25) is 0 Å². The molecule has 0 heterocycles. The SMILES string of the molecule is CCN(CC(=O)NC)c1ccc(N)c(C#N)c1. The van der Waals surface area contributed by atoms with Crippen molar-refractivity contribution in [2.75, 3.05) is 30.8 Å². The van der Waals surface area contributed by atoms with Gasteiger partial charge in [0.15, 0.2) is 0 Å². The van der Waals surface area contributed by atoms with Gasteiger partial charge in [-0.3, -0.25) is 4.79 Å². The summed E-state index contributed by atoms with van der Waals surface area (Å²) in [7, 11) is 1.60. The number of hydrogen-bond acceptors (Lipinski definition) is 4. The summed E-state index contributed by atoms with van der Waals surface area (Å²) >= 11 is 0. The number of amides is 1. The molecule has 17 heavy (non-hydrogen) atoms. The third kappa shape index (κ3) is 3.11. The molecule has 0 atom stereocenters. The van der Waals surface area contributed by atoms with Gasteiger partial charge in [0.2, 0.25) is 5.91 Å². The van der Waals surface area contributed by atoms with Crippen LogP contribution in [0.1, 0.15) is 12.5 Å². The fourth-order valence-electron chi connectivity index (χ4n) is 1.48. The van der Waals surface area contributed by atoms with Crippen LogP contribution in [0.25, 0.3) is 0 Å². The maximum absolute atomic E-state index is 11.3. The minimum atomic E-state index is -0.0674. The highest BCUT2D eigenvalue weighted by molar-refractivity contribution is 5.81. The number of likely N-dealkylation sites (N-methyl/N-ethyl adjacent to an activating group) is 2. The number of nitrogens with two attached hydrogens (primary N) is 1. The lowest BCUT2D eigenvalue weighted by atomic mass is 10.1. The molecule has 0 saturated heterocycles. The van der Waals surface area contributed by atoms with E-state index in [2.05, 4.69) is 5.32 Å². The molecule has 0 saturated carbocycles. The molecular weight excluding hydrogens is 216 g/mol. The summed E-state index contributed by atoms with van der Waals surface area (Å²) in [4.78, 5) is 13.2. The quantitative estimate of drug-likeness (QED) is 0.749. The molecule has 0 aromatic heterocycles. The second-order valence-electron chi connectivity index (χ2n) is 3.57. The van der Waals surface area contributed by atoms with Crippen molar-refractivity contribution in [3.63, 3.8) is 0 Å². The normalized spacial score (nSPS) is 9.47. The zero-order valence-electron chi connectivity index (χ0n) is 10.0. The zero-order chi connectivity index (χ0) is 12.8. The van der Waals surface area contributed by atoms with Gasteiger partial charge in [-0.1, -0.05) is 0 Å². The van der Waals surface area contributed by atoms with Crippen LogP contribution in [0.4, 0.5) is 11.4 Å². The van der Waals surface area contributed by atoms with E-state index in [-0.39, 0.29) is 12.5 Å². The molecule has 0 unspecified atom stereocenters. The maximum Gasteiger partial charge on any atom is 0.239 e. The van der Waals surface area contributed by atoms with Gasteiger partial charge in [-0.05, 0) is 25.1 Å². The summed E-state index contributed by atoms with van der Waals surface area (Å²) in [5, 5.41) is 11.5. The Labute approximate surface area is 101 Å². The van der Waals surface area contributed by atoms with Crippen LogP contribution in [0.5, 0.6) is 0 Å². The standard InChI is InChI=1S/C12H16N4O/c1-3-16(8-12(17)15-2)10-4-5-11(14)9(6-10)7-13/h4-6H,3,8,14H2,1-2H3,(H,15,17). The van der Waals surface area contributed by atoms with Gasteiger partial charge in [0.05, 0.1) is 12.1 Å². The van der Waals surface area contributed by atoms with E-state index in [1.807, 2.05) is 24.0 Å². The second kappa shape index (κ2) is 5.75. The molecule has 3 N–H and O–H groups in total. The first-order valence-corrected chi connectivity index (χ1v) is 5.37. The van der Waals surface area contributed by atoms with Crippen LogP contribution < -0.4 is 16.0 Å². The molecule has 0 aliphatic heterocycles. The van der Waals surface area contributed by atoms with Crippen molar-refractivity contribution in [2.24, 2.45) is 0 Å². The Morgan fingerprint density at radius 3 is 2.82 bits per heavy atom. The predicted octanol–water partition coefficient (Wildman–Crippen LogP) is 0.713. The monoisotopic (exact) mass is 232 g/mol. The molecule has 1 aromatic rings. The molecule has 0 spiro atoms. The van der Waals surface area contributed by atoms with E-state index < -0.39 is 0 Å². The Kier molecular flexibility index (Phi) is 4.35. The molecule has 0 fully saturated rings. The van der Waals surface area contributed by atoms with Crippen LogP contribution in [0, 0.1) is 11.3 Å². The minimum absolute atomic E-state index is 0.0674. The average molecular weight is 232 g/mol. The average Bonchev–Trinajstić information content (AvgIpc) is 2.36. The summed E-state index contributed by atoms with van der Waals surface area (Å²) in [5.41, 5.74) is 7.35. The third-order valence-electron chi connectivity index (χ3n) is 2.52. The highest BCUT2D eigenvalue weighted by atomic mass is 16.1. The van der Waals surface area contributed by atoms with Crippen molar-refractivity contribution in [1.82, 2.24) is 5.32 Å². The van der Waals surface area contributed by atoms with Gasteiger partial charge in [-0.25, -0.2) is 0 Å². The van der Waals surface area contributed by atoms with E-state index in [4.69, 9.17) is 11.0 Å². The number of nitrogen functional groups attached to an aromatic ring is 1. The van der Waals surface area contributed by atoms with Gasteiger partial charge in [0.25, 0.3) is 0 Å². The maximum atomic E-state index is 11.3. The Morgan fingerprint density at radius 1 is 1.59 bits per heavy atom. The van der Waals surface area contributed by atoms with E-state index in [9.17, 15) is 4.79 Å². The number of nitrogens with one attached hydrogen (secondary N) is 1. The lowest BCUT2D eigenvalue weighted by Crippen LogP contribution is -2.35. The number of hydrogen-bond donors (Lipinski definition) is 2. The number of carbonyl (C=O) groups excluding carboxylic acids is 1. The first-order valence-electron chi connectivity index (χ1n) is 5.37. The number of benzene rings is 1. The highest BCUT2D eigenvalue weighted by Gasteiger charge is 2.10. The number of rotatable bonds is 4. The third-order valence-corrected chi connectivity index (χ3v) is 2.52. The van der Waals surface area contributed by atoms with E-state index in [0.717, 1.165) is 5.69 Å². The fraction of sp³-hybridized carbons (Fsp3) is 0.333. The Bertz CT molecular complexity index is 450. The number of nitriles is 1. The van der Waals surface area contributed by atoms with E-state index in [0.29, 0.717) is 17.8 Å². The van der Waals surface area contributed by atoms with Gasteiger partial charge in [0, 0.05) is 25.0 Å². The van der Waals surface area contributed by atoms with Crippen molar-refractivity contribution in [1.29, 1.82) is 5.26 Å². The van der Waals surface area contributed by atoms with E-state index >= 15 is 0 Å². The Morgan fingerprint density at radius 2 is 2.29 bits per heavy atom. The summed E-state index contributed by atoms with van der Waals surface area (Å²) < 4.78 is 0. The molecule has 0 aliphatic carbocycles. The van der Waals surface area contributed by atoms with Crippen molar-refractivity contribution in [3.05, 3.63) is 23.8 Å². The molecule has 0 radical (unpaired) electrons. The minimum Gasteiger partial charge on any atom is -0.398 e. The van der Waals surface area contributed by atoms with Crippen LogP contribution in [0.15, 0.2) is 18.2 Å². The lowest BCUT2D eigenvalue weighted by molar-refractivity contribution is -0.119. The van der Waals surface area contributed by atoms with Gasteiger partial charge < -0.3 is 16.0 Å². The molecule has 1 amide bonds. The molecule has 1 rings (SSSR count). The summed E-state index contributed by atoms with van der Waals surface area (Å²) in [5.74, 6) is -0.0674. The largest absolute Gasteiger partial charge is 0.398 e. The first-order chi connectivity index (χ1) is 8.12. The highest BCUT2D eigenvalue weighted by Crippen LogP contribution is 2.20. The van der Waals surface area contributed by atoms with E-state index in [1.54, 1.807) is 19.2 Å². The zero-order valence-corrected chi connectivity index (χ0v) is 10.0. The molecule has 0 aliphatic rings. The molecule has 1 aromatic carbocycles. The Hall–Kier alpha value is -2.22. The van der Waals surface area contributed by atoms with E-state index in [1.165, 1.54) is 0 Å². The molecule has 5 heteroatoms. The topological polar surface area (TPSA) is 82.2 Å². The van der Waals surface area contributed by atoms with Gasteiger partial charge in [-0.15, -0.1) is 0 Å².